The average Bonchev–Trinajstić information content (AvgIpc) is 2.38. The van der Waals surface area contributed by atoms with Gasteiger partial charge < -0.3 is 0 Å². The van der Waals surface area contributed by atoms with E-state index in [0.29, 0.717) is 10.6 Å². The molecule has 0 aliphatic carbocycles. The van der Waals surface area contributed by atoms with Crippen molar-refractivity contribution in [2.24, 2.45) is 0 Å². The van der Waals surface area contributed by atoms with Crippen molar-refractivity contribution in [3.05, 3.63) is 53.9 Å². The van der Waals surface area contributed by atoms with Crippen LogP contribution in [0.15, 0.2) is 18.2 Å². The number of hydrogen-bond donors (Lipinski definition) is 0. The third kappa shape index (κ3) is 2.81. The summed E-state index contributed by atoms with van der Waals surface area (Å²) in [6.45, 7) is 1.88. The Morgan fingerprint density at radius 3 is 1.63 bits per heavy atom. The predicted molar refractivity (Wildman–Crippen MR) is 86.7 cm³/mol. The van der Waals surface area contributed by atoms with Crippen LogP contribution in [0.2, 0.25) is 30.1 Å². The summed E-state index contributed by atoms with van der Waals surface area (Å²) in [5.41, 5.74) is 2.22. The average molecular weight is 375 g/mol. The zero-order chi connectivity index (χ0) is 14.3. The normalized spacial score (nSPS) is 10.9. The second-order valence-electron chi connectivity index (χ2n) is 3.91. The summed E-state index contributed by atoms with van der Waals surface area (Å²) in [5.74, 6) is 0. The number of hydrogen-bond acceptors (Lipinski definition) is 0. The SMILES string of the molecule is Cc1cc(-c2c(Cl)c(Cl)c(Cl)c(Cl)c2Cl)ccc1Cl. The fraction of sp³-hybridized carbons (Fsp3) is 0.0769. The molecule has 0 heterocycles. The van der Waals surface area contributed by atoms with Gasteiger partial charge in [0.1, 0.15) is 0 Å². The lowest BCUT2D eigenvalue weighted by Crippen LogP contribution is -1.88. The molecule has 2 rings (SSSR count). The predicted octanol–water partition coefficient (Wildman–Crippen LogP) is 7.58. The lowest BCUT2D eigenvalue weighted by molar-refractivity contribution is 1.46. The van der Waals surface area contributed by atoms with Gasteiger partial charge in [-0.1, -0.05) is 75.7 Å². The molecule has 19 heavy (non-hydrogen) atoms. The number of rotatable bonds is 1. The van der Waals surface area contributed by atoms with E-state index < -0.39 is 0 Å². The molecule has 2 aromatic carbocycles. The Balaban J connectivity index is 2.79. The van der Waals surface area contributed by atoms with Gasteiger partial charge in [-0.25, -0.2) is 0 Å². The summed E-state index contributed by atoms with van der Waals surface area (Å²) in [6, 6.07) is 5.41. The highest BCUT2D eigenvalue weighted by molar-refractivity contribution is 6.56. The first-order valence-electron chi connectivity index (χ1n) is 5.12. The molecular formula is C13H6Cl6. The largest absolute Gasteiger partial charge is 0.0841 e. The fourth-order valence-corrected chi connectivity index (χ4v) is 3.13. The monoisotopic (exact) mass is 372 g/mol. The van der Waals surface area contributed by atoms with Crippen LogP contribution in [0.4, 0.5) is 0 Å². The minimum Gasteiger partial charge on any atom is -0.0841 e. The van der Waals surface area contributed by atoms with E-state index in [1.54, 1.807) is 12.1 Å². The van der Waals surface area contributed by atoms with Crippen LogP contribution < -0.4 is 0 Å². The van der Waals surface area contributed by atoms with Gasteiger partial charge >= 0.3 is 0 Å². The van der Waals surface area contributed by atoms with Crippen molar-refractivity contribution in [3.8, 4) is 11.1 Å². The van der Waals surface area contributed by atoms with Crippen LogP contribution in [0, 0.1) is 6.92 Å². The molecule has 0 amide bonds. The van der Waals surface area contributed by atoms with Gasteiger partial charge in [0.05, 0.1) is 25.1 Å². The van der Waals surface area contributed by atoms with Crippen molar-refractivity contribution >= 4 is 69.6 Å². The molecule has 0 spiro atoms. The molecule has 0 saturated heterocycles. The summed E-state index contributed by atoms with van der Waals surface area (Å²) in [5, 5.41) is 1.70. The highest BCUT2D eigenvalue weighted by Crippen LogP contribution is 2.48. The summed E-state index contributed by atoms with van der Waals surface area (Å²) in [4.78, 5) is 0. The van der Waals surface area contributed by atoms with Crippen molar-refractivity contribution in [2.75, 3.05) is 0 Å². The molecule has 0 bridgehead atoms. The van der Waals surface area contributed by atoms with Crippen LogP contribution in [-0.4, -0.2) is 0 Å². The number of aryl methyl sites for hydroxylation is 1. The van der Waals surface area contributed by atoms with Crippen molar-refractivity contribution in [2.45, 2.75) is 6.92 Å². The molecule has 0 aliphatic heterocycles. The molecule has 0 radical (unpaired) electrons. The first kappa shape index (κ1) is 15.6. The van der Waals surface area contributed by atoms with Gasteiger partial charge in [-0.05, 0) is 30.2 Å². The third-order valence-electron chi connectivity index (χ3n) is 2.66. The maximum atomic E-state index is 6.21. The van der Waals surface area contributed by atoms with Crippen LogP contribution >= 0.6 is 69.6 Å². The van der Waals surface area contributed by atoms with Crippen LogP contribution in [0.25, 0.3) is 11.1 Å². The van der Waals surface area contributed by atoms with Gasteiger partial charge in [0.15, 0.2) is 0 Å². The summed E-state index contributed by atoms with van der Waals surface area (Å²) < 4.78 is 0. The lowest BCUT2D eigenvalue weighted by atomic mass is 10.0. The molecule has 100 valence electrons. The van der Waals surface area contributed by atoms with E-state index in [-0.39, 0.29) is 25.1 Å². The summed E-state index contributed by atoms with van der Waals surface area (Å²) in [7, 11) is 0. The van der Waals surface area contributed by atoms with E-state index in [0.717, 1.165) is 11.1 Å². The Morgan fingerprint density at radius 2 is 1.16 bits per heavy atom. The Labute approximate surface area is 141 Å². The minimum atomic E-state index is 0.146. The van der Waals surface area contributed by atoms with Gasteiger partial charge in [-0.2, -0.15) is 0 Å². The molecule has 0 aliphatic rings. The van der Waals surface area contributed by atoms with Crippen LogP contribution in [0.3, 0.4) is 0 Å². The standard InChI is InChI=1S/C13H6Cl6/c1-5-4-6(2-3-7(5)14)8-9(15)11(17)13(19)12(18)10(8)16/h2-4H,1H3. The molecule has 0 saturated carbocycles. The van der Waals surface area contributed by atoms with Crippen molar-refractivity contribution < 1.29 is 0 Å². The molecule has 0 N–H and O–H groups in total. The van der Waals surface area contributed by atoms with Crippen molar-refractivity contribution in [1.82, 2.24) is 0 Å². The molecule has 0 unspecified atom stereocenters. The maximum Gasteiger partial charge on any atom is 0.0809 e. The van der Waals surface area contributed by atoms with Gasteiger partial charge in [0, 0.05) is 10.6 Å². The van der Waals surface area contributed by atoms with E-state index >= 15 is 0 Å². The Hall–Kier alpha value is 0.180. The molecule has 6 heteroatoms. The van der Waals surface area contributed by atoms with Crippen LogP contribution in [0.5, 0.6) is 0 Å². The molecule has 0 atom stereocenters. The fourth-order valence-electron chi connectivity index (χ4n) is 1.66. The van der Waals surface area contributed by atoms with Gasteiger partial charge in [-0.15, -0.1) is 0 Å². The van der Waals surface area contributed by atoms with Crippen LogP contribution in [0.1, 0.15) is 5.56 Å². The van der Waals surface area contributed by atoms with E-state index in [2.05, 4.69) is 0 Å². The van der Waals surface area contributed by atoms with E-state index in [9.17, 15) is 0 Å². The van der Waals surface area contributed by atoms with Crippen molar-refractivity contribution in [3.63, 3.8) is 0 Å². The summed E-state index contributed by atoms with van der Waals surface area (Å²) >= 11 is 36.5. The molecule has 0 fully saturated rings. The van der Waals surface area contributed by atoms with Gasteiger partial charge in [0.2, 0.25) is 0 Å². The van der Waals surface area contributed by atoms with Crippen molar-refractivity contribution in [1.29, 1.82) is 0 Å². The molecular weight excluding hydrogens is 369 g/mol. The van der Waals surface area contributed by atoms with E-state index in [1.165, 1.54) is 0 Å². The molecule has 2 aromatic rings. The Bertz CT molecular complexity index is 634. The summed E-state index contributed by atoms with van der Waals surface area (Å²) in [6.07, 6.45) is 0. The zero-order valence-electron chi connectivity index (χ0n) is 9.50. The zero-order valence-corrected chi connectivity index (χ0v) is 14.0. The molecule has 0 nitrogen and oxygen atoms in total. The topological polar surface area (TPSA) is 0 Å². The first-order chi connectivity index (χ1) is 8.84. The number of halogens is 6. The van der Waals surface area contributed by atoms with Crippen LogP contribution in [-0.2, 0) is 0 Å². The first-order valence-corrected chi connectivity index (χ1v) is 7.39. The van der Waals surface area contributed by atoms with E-state index in [1.807, 2.05) is 13.0 Å². The maximum absolute atomic E-state index is 6.21. The minimum absolute atomic E-state index is 0.146. The highest BCUT2D eigenvalue weighted by Gasteiger charge is 2.20. The Kier molecular flexibility index (Phi) is 4.83. The second kappa shape index (κ2) is 5.89. The molecule has 0 aromatic heterocycles. The second-order valence-corrected chi connectivity index (χ2v) is 6.21. The van der Waals surface area contributed by atoms with Gasteiger partial charge in [0.25, 0.3) is 0 Å². The third-order valence-corrected chi connectivity index (χ3v) is 5.36. The lowest BCUT2D eigenvalue weighted by Gasteiger charge is -2.13. The highest BCUT2D eigenvalue weighted by atomic mass is 35.5. The smallest absolute Gasteiger partial charge is 0.0809 e. The Morgan fingerprint density at radius 1 is 0.684 bits per heavy atom. The van der Waals surface area contributed by atoms with Gasteiger partial charge in [-0.3, -0.25) is 0 Å². The quantitative estimate of drug-likeness (QED) is 0.356. The number of benzene rings is 2. The van der Waals surface area contributed by atoms with E-state index in [4.69, 9.17) is 69.6 Å².